The molecule has 0 aromatic carbocycles. The highest BCUT2D eigenvalue weighted by Gasteiger charge is 2.35. The lowest BCUT2D eigenvalue weighted by Crippen LogP contribution is -2.51. The quantitative estimate of drug-likeness (QED) is 0.745. The normalized spacial score (nSPS) is 38.1. The minimum Gasteiger partial charge on any atom is -0.378 e. The summed E-state index contributed by atoms with van der Waals surface area (Å²) in [6.45, 7) is 2.77. The van der Waals surface area contributed by atoms with Crippen LogP contribution in [-0.2, 0) is 9.53 Å². The van der Waals surface area contributed by atoms with Crippen LogP contribution >= 0.6 is 0 Å². The smallest absolute Gasteiger partial charge is 0.224 e. The van der Waals surface area contributed by atoms with Crippen LogP contribution in [0.5, 0.6) is 0 Å². The molecule has 16 heavy (non-hydrogen) atoms. The van der Waals surface area contributed by atoms with Crippen LogP contribution in [0.2, 0.25) is 0 Å². The highest BCUT2D eigenvalue weighted by Crippen LogP contribution is 2.27. The topological polar surface area (TPSA) is 64.3 Å². The molecule has 2 saturated carbocycles. The van der Waals surface area contributed by atoms with E-state index in [1.54, 1.807) is 0 Å². The van der Waals surface area contributed by atoms with E-state index >= 15 is 0 Å². The molecule has 0 saturated heterocycles. The van der Waals surface area contributed by atoms with Gasteiger partial charge in [-0.1, -0.05) is 6.42 Å². The Morgan fingerprint density at radius 3 is 2.75 bits per heavy atom. The van der Waals surface area contributed by atoms with Gasteiger partial charge in [0, 0.05) is 18.7 Å². The van der Waals surface area contributed by atoms with E-state index in [-0.39, 0.29) is 17.9 Å². The Morgan fingerprint density at radius 1 is 1.44 bits per heavy atom. The van der Waals surface area contributed by atoms with E-state index in [4.69, 9.17) is 10.5 Å². The van der Waals surface area contributed by atoms with E-state index in [2.05, 4.69) is 5.32 Å². The zero-order valence-electron chi connectivity index (χ0n) is 9.95. The van der Waals surface area contributed by atoms with Gasteiger partial charge in [-0.15, -0.1) is 0 Å². The molecule has 4 heteroatoms. The molecule has 0 aromatic rings. The van der Waals surface area contributed by atoms with Crippen LogP contribution in [0.1, 0.15) is 39.0 Å². The zero-order chi connectivity index (χ0) is 11.5. The molecule has 0 aliphatic heterocycles. The maximum Gasteiger partial charge on any atom is 0.224 e. The monoisotopic (exact) mass is 226 g/mol. The lowest BCUT2D eigenvalue weighted by Gasteiger charge is -2.36. The molecule has 1 amide bonds. The summed E-state index contributed by atoms with van der Waals surface area (Å²) in [5, 5.41) is 3.08. The average molecular weight is 226 g/mol. The SMILES string of the molecule is CCOC1CC(NC(=O)C2CCCC2N)C1. The third kappa shape index (κ3) is 2.55. The van der Waals surface area contributed by atoms with Gasteiger partial charge in [0.15, 0.2) is 0 Å². The molecule has 0 bridgehead atoms. The van der Waals surface area contributed by atoms with Crippen LogP contribution in [0.4, 0.5) is 0 Å². The van der Waals surface area contributed by atoms with Crippen molar-refractivity contribution in [1.82, 2.24) is 5.32 Å². The molecule has 3 N–H and O–H groups in total. The minimum atomic E-state index is 0.0474. The molecule has 0 radical (unpaired) electrons. The first-order valence-electron chi connectivity index (χ1n) is 6.38. The van der Waals surface area contributed by atoms with Crippen LogP contribution in [0.25, 0.3) is 0 Å². The first-order valence-corrected chi connectivity index (χ1v) is 6.38. The molecule has 0 aromatic heterocycles. The minimum absolute atomic E-state index is 0.0474. The van der Waals surface area contributed by atoms with Gasteiger partial charge in [0.1, 0.15) is 0 Å². The Labute approximate surface area is 96.9 Å². The number of ether oxygens (including phenoxy) is 1. The first kappa shape index (κ1) is 11.9. The lowest BCUT2D eigenvalue weighted by molar-refractivity contribution is -0.127. The molecule has 92 valence electrons. The fourth-order valence-corrected chi connectivity index (χ4v) is 2.68. The molecule has 2 unspecified atom stereocenters. The van der Waals surface area contributed by atoms with Crippen molar-refractivity contribution >= 4 is 5.91 Å². The van der Waals surface area contributed by atoms with Crippen molar-refractivity contribution in [3.8, 4) is 0 Å². The summed E-state index contributed by atoms with van der Waals surface area (Å²) < 4.78 is 5.46. The summed E-state index contributed by atoms with van der Waals surface area (Å²) in [6, 6.07) is 0.389. The number of amides is 1. The fourth-order valence-electron chi connectivity index (χ4n) is 2.68. The summed E-state index contributed by atoms with van der Waals surface area (Å²) in [5.41, 5.74) is 5.90. The molecule has 2 aliphatic rings. The number of carbonyl (C=O) groups is 1. The van der Waals surface area contributed by atoms with Crippen molar-refractivity contribution in [3.63, 3.8) is 0 Å². The van der Waals surface area contributed by atoms with Gasteiger partial charge in [0.05, 0.1) is 12.0 Å². The number of nitrogens with one attached hydrogen (secondary N) is 1. The molecule has 2 fully saturated rings. The largest absolute Gasteiger partial charge is 0.378 e. The number of hydrogen-bond donors (Lipinski definition) is 2. The van der Waals surface area contributed by atoms with Crippen molar-refractivity contribution in [3.05, 3.63) is 0 Å². The van der Waals surface area contributed by atoms with Gasteiger partial charge in [0.2, 0.25) is 5.91 Å². The second-order valence-corrected chi connectivity index (χ2v) is 4.96. The van der Waals surface area contributed by atoms with Crippen molar-refractivity contribution in [1.29, 1.82) is 0 Å². The van der Waals surface area contributed by atoms with Crippen molar-refractivity contribution in [2.45, 2.75) is 57.2 Å². The fraction of sp³-hybridized carbons (Fsp3) is 0.917. The third-order valence-electron chi connectivity index (χ3n) is 3.75. The van der Waals surface area contributed by atoms with Crippen molar-refractivity contribution in [2.24, 2.45) is 11.7 Å². The van der Waals surface area contributed by atoms with Gasteiger partial charge in [0.25, 0.3) is 0 Å². The standard InChI is InChI=1S/C12H22N2O2/c1-2-16-9-6-8(7-9)14-12(15)10-4-3-5-11(10)13/h8-11H,2-7,13H2,1H3,(H,14,15). The maximum absolute atomic E-state index is 11.9. The Kier molecular flexibility index (Phi) is 3.82. The molecular weight excluding hydrogens is 204 g/mol. The van der Waals surface area contributed by atoms with Crippen LogP contribution in [-0.4, -0.2) is 30.7 Å². The van der Waals surface area contributed by atoms with E-state index in [1.165, 1.54) is 0 Å². The van der Waals surface area contributed by atoms with E-state index in [0.29, 0.717) is 12.1 Å². The van der Waals surface area contributed by atoms with Gasteiger partial charge in [-0.25, -0.2) is 0 Å². The number of hydrogen-bond acceptors (Lipinski definition) is 3. The molecule has 4 nitrogen and oxygen atoms in total. The third-order valence-corrected chi connectivity index (χ3v) is 3.75. The van der Waals surface area contributed by atoms with Crippen LogP contribution in [0.15, 0.2) is 0 Å². The van der Waals surface area contributed by atoms with Crippen molar-refractivity contribution < 1.29 is 9.53 Å². The zero-order valence-corrected chi connectivity index (χ0v) is 9.95. The van der Waals surface area contributed by atoms with Gasteiger partial charge in [-0.3, -0.25) is 4.79 Å². The average Bonchev–Trinajstić information content (AvgIpc) is 2.61. The highest BCUT2D eigenvalue weighted by molar-refractivity contribution is 5.80. The predicted molar refractivity (Wildman–Crippen MR) is 61.9 cm³/mol. The Bertz CT molecular complexity index is 251. The van der Waals surface area contributed by atoms with Gasteiger partial charge >= 0.3 is 0 Å². The van der Waals surface area contributed by atoms with Crippen LogP contribution < -0.4 is 11.1 Å². The summed E-state index contributed by atoms with van der Waals surface area (Å²) >= 11 is 0. The van der Waals surface area contributed by atoms with E-state index in [9.17, 15) is 4.79 Å². The molecule has 2 aliphatic carbocycles. The molecule has 0 spiro atoms. The van der Waals surface area contributed by atoms with Gasteiger partial charge < -0.3 is 15.8 Å². The maximum atomic E-state index is 11.9. The second kappa shape index (κ2) is 5.15. The van der Waals surface area contributed by atoms with Crippen LogP contribution in [0, 0.1) is 5.92 Å². The Balaban J connectivity index is 1.69. The van der Waals surface area contributed by atoms with Crippen molar-refractivity contribution in [2.75, 3.05) is 6.61 Å². The molecular formula is C12H22N2O2. The van der Waals surface area contributed by atoms with E-state index in [0.717, 1.165) is 38.7 Å². The second-order valence-electron chi connectivity index (χ2n) is 4.96. The van der Waals surface area contributed by atoms with E-state index in [1.807, 2.05) is 6.92 Å². The molecule has 2 rings (SSSR count). The number of carbonyl (C=O) groups excluding carboxylic acids is 1. The molecule has 0 heterocycles. The number of rotatable bonds is 4. The van der Waals surface area contributed by atoms with Gasteiger partial charge in [-0.2, -0.15) is 0 Å². The predicted octanol–water partition coefficient (Wildman–Crippen LogP) is 0.797. The summed E-state index contributed by atoms with van der Waals surface area (Å²) in [6.07, 6.45) is 5.31. The summed E-state index contributed by atoms with van der Waals surface area (Å²) in [7, 11) is 0. The lowest BCUT2D eigenvalue weighted by atomic mass is 9.88. The highest BCUT2D eigenvalue weighted by atomic mass is 16.5. The Hall–Kier alpha value is -0.610. The first-order chi connectivity index (χ1) is 7.70. The summed E-state index contributed by atoms with van der Waals surface area (Å²) in [4.78, 5) is 11.9. The van der Waals surface area contributed by atoms with Gasteiger partial charge in [-0.05, 0) is 32.6 Å². The molecule has 2 atom stereocenters. The Morgan fingerprint density at radius 2 is 2.19 bits per heavy atom. The van der Waals surface area contributed by atoms with Crippen LogP contribution in [0.3, 0.4) is 0 Å². The van der Waals surface area contributed by atoms with E-state index < -0.39 is 0 Å². The number of nitrogens with two attached hydrogens (primary N) is 1. The summed E-state index contributed by atoms with van der Waals surface area (Å²) in [5.74, 6) is 0.205.